The lowest BCUT2D eigenvalue weighted by atomic mass is 9.93. The van der Waals surface area contributed by atoms with E-state index in [4.69, 9.17) is 0 Å². The molecule has 0 radical (unpaired) electrons. The van der Waals surface area contributed by atoms with Crippen molar-refractivity contribution in [2.45, 2.75) is 46.1 Å². The van der Waals surface area contributed by atoms with E-state index < -0.39 is 0 Å². The van der Waals surface area contributed by atoms with Crippen molar-refractivity contribution in [2.24, 2.45) is 0 Å². The average molecular weight is 328 g/mol. The van der Waals surface area contributed by atoms with Crippen molar-refractivity contribution in [1.82, 2.24) is 10.3 Å². The summed E-state index contributed by atoms with van der Waals surface area (Å²) in [6.07, 6.45) is 2.05. The van der Waals surface area contributed by atoms with Crippen LogP contribution in [0.2, 0.25) is 0 Å². The van der Waals surface area contributed by atoms with Crippen molar-refractivity contribution in [1.29, 1.82) is 0 Å². The molecule has 0 saturated carbocycles. The molecule has 1 amide bonds. The maximum Gasteiger partial charge on any atom is 0.227 e. The van der Waals surface area contributed by atoms with Crippen molar-refractivity contribution in [2.75, 3.05) is 6.67 Å². The molecule has 0 saturated heterocycles. The number of amides is 1. The molecule has 1 heterocycles. The SMILES string of the molecule is Cc1ccc(C)c(C(C)C(=O)NC(C)c2ccc(CCF)cn2)c1. The average Bonchev–Trinajstić information content (AvgIpc) is 2.57. The molecule has 1 aromatic heterocycles. The number of carbonyl (C=O) groups excluding carboxylic acids is 1. The van der Waals surface area contributed by atoms with Crippen LogP contribution in [-0.4, -0.2) is 17.6 Å². The highest BCUT2D eigenvalue weighted by molar-refractivity contribution is 5.84. The van der Waals surface area contributed by atoms with E-state index in [9.17, 15) is 9.18 Å². The zero-order valence-electron chi connectivity index (χ0n) is 14.8. The monoisotopic (exact) mass is 328 g/mol. The molecule has 2 aromatic rings. The summed E-state index contributed by atoms with van der Waals surface area (Å²) in [7, 11) is 0. The van der Waals surface area contributed by atoms with E-state index in [1.807, 2.05) is 45.9 Å². The van der Waals surface area contributed by atoms with Crippen molar-refractivity contribution in [3.63, 3.8) is 0 Å². The zero-order chi connectivity index (χ0) is 17.7. The van der Waals surface area contributed by atoms with Crippen LogP contribution in [0.15, 0.2) is 36.5 Å². The van der Waals surface area contributed by atoms with Gasteiger partial charge in [0.05, 0.1) is 24.3 Å². The minimum absolute atomic E-state index is 0.0224. The van der Waals surface area contributed by atoms with Crippen LogP contribution in [-0.2, 0) is 11.2 Å². The summed E-state index contributed by atoms with van der Waals surface area (Å²) >= 11 is 0. The smallest absolute Gasteiger partial charge is 0.227 e. The van der Waals surface area contributed by atoms with Gasteiger partial charge in [0.1, 0.15) is 0 Å². The van der Waals surface area contributed by atoms with Gasteiger partial charge in [0, 0.05) is 12.6 Å². The Hall–Kier alpha value is -2.23. The third-order valence-electron chi connectivity index (χ3n) is 4.33. The second-order valence-electron chi connectivity index (χ2n) is 6.34. The van der Waals surface area contributed by atoms with Crippen LogP contribution in [0.3, 0.4) is 0 Å². The van der Waals surface area contributed by atoms with Gasteiger partial charge < -0.3 is 5.32 Å². The maximum absolute atomic E-state index is 12.6. The highest BCUT2D eigenvalue weighted by Gasteiger charge is 2.20. The molecule has 1 N–H and O–H groups in total. The maximum atomic E-state index is 12.6. The molecule has 2 atom stereocenters. The van der Waals surface area contributed by atoms with E-state index in [1.165, 1.54) is 0 Å². The van der Waals surface area contributed by atoms with E-state index in [0.717, 1.165) is 27.9 Å². The van der Waals surface area contributed by atoms with Gasteiger partial charge >= 0.3 is 0 Å². The first-order valence-corrected chi connectivity index (χ1v) is 8.30. The topological polar surface area (TPSA) is 42.0 Å². The molecule has 1 aromatic carbocycles. The summed E-state index contributed by atoms with van der Waals surface area (Å²) in [6, 6.07) is 9.67. The molecule has 0 spiro atoms. The summed E-state index contributed by atoms with van der Waals surface area (Å²) in [5.41, 5.74) is 4.95. The van der Waals surface area contributed by atoms with Gasteiger partial charge in [0.15, 0.2) is 0 Å². The standard InChI is InChI=1S/C20H25FN2O/c1-13-5-6-14(2)18(11-13)15(3)20(24)23-16(4)19-8-7-17(9-10-21)12-22-19/h5-8,11-12,15-16H,9-10H2,1-4H3,(H,23,24). The summed E-state index contributed by atoms with van der Waals surface area (Å²) in [4.78, 5) is 16.9. The second-order valence-corrected chi connectivity index (χ2v) is 6.34. The first-order chi connectivity index (χ1) is 11.4. The minimum atomic E-state index is -0.388. The van der Waals surface area contributed by atoms with Gasteiger partial charge in [-0.1, -0.05) is 29.8 Å². The number of nitrogens with one attached hydrogen (secondary N) is 1. The normalized spacial score (nSPS) is 13.4. The van der Waals surface area contributed by atoms with Crippen LogP contribution < -0.4 is 5.32 Å². The predicted octanol–water partition coefficient (Wildman–Crippen LogP) is 4.19. The van der Waals surface area contributed by atoms with E-state index in [2.05, 4.69) is 22.4 Å². The molecular formula is C20H25FN2O. The van der Waals surface area contributed by atoms with Gasteiger partial charge in [-0.3, -0.25) is 14.2 Å². The van der Waals surface area contributed by atoms with Crippen LogP contribution >= 0.6 is 0 Å². The van der Waals surface area contributed by atoms with Gasteiger partial charge in [-0.05, 0) is 50.5 Å². The summed E-state index contributed by atoms with van der Waals surface area (Å²) in [6.45, 7) is 7.49. The molecule has 128 valence electrons. The quantitative estimate of drug-likeness (QED) is 0.864. The molecule has 0 fully saturated rings. The van der Waals surface area contributed by atoms with E-state index in [1.54, 1.807) is 6.20 Å². The first-order valence-electron chi connectivity index (χ1n) is 8.30. The number of hydrogen-bond donors (Lipinski definition) is 1. The van der Waals surface area contributed by atoms with Crippen molar-refractivity contribution in [3.8, 4) is 0 Å². The molecular weight excluding hydrogens is 303 g/mol. The Morgan fingerprint density at radius 2 is 1.96 bits per heavy atom. The third-order valence-corrected chi connectivity index (χ3v) is 4.33. The number of benzene rings is 1. The van der Waals surface area contributed by atoms with Crippen molar-refractivity contribution < 1.29 is 9.18 Å². The minimum Gasteiger partial charge on any atom is -0.347 e. The lowest BCUT2D eigenvalue weighted by Crippen LogP contribution is -2.31. The first kappa shape index (κ1) is 18.1. The van der Waals surface area contributed by atoms with Crippen LogP contribution in [0.5, 0.6) is 0 Å². The molecule has 0 aliphatic carbocycles. The molecule has 0 aliphatic heterocycles. The molecule has 2 rings (SSSR count). The highest BCUT2D eigenvalue weighted by Crippen LogP contribution is 2.22. The predicted molar refractivity (Wildman–Crippen MR) is 94.8 cm³/mol. The highest BCUT2D eigenvalue weighted by atomic mass is 19.1. The number of aryl methyl sites for hydroxylation is 3. The number of hydrogen-bond acceptors (Lipinski definition) is 2. The zero-order valence-corrected chi connectivity index (χ0v) is 14.8. The van der Waals surface area contributed by atoms with Crippen molar-refractivity contribution in [3.05, 3.63) is 64.5 Å². The largest absolute Gasteiger partial charge is 0.347 e. The number of pyridine rings is 1. The lowest BCUT2D eigenvalue weighted by molar-refractivity contribution is -0.122. The van der Waals surface area contributed by atoms with Crippen LogP contribution in [0.1, 0.15) is 53.8 Å². The Bertz CT molecular complexity index is 697. The van der Waals surface area contributed by atoms with Gasteiger partial charge in [-0.15, -0.1) is 0 Å². The Balaban J connectivity index is 2.06. The third kappa shape index (κ3) is 4.40. The molecule has 3 nitrogen and oxygen atoms in total. The summed E-state index contributed by atoms with van der Waals surface area (Å²) < 4.78 is 12.3. The Morgan fingerprint density at radius 1 is 1.21 bits per heavy atom. The van der Waals surface area contributed by atoms with Crippen LogP contribution in [0.25, 0.3) is 0 Å². The molecule has 24 heavy (non-hydrogen) atoms. The molecule has 4 heteroatoms. The number of rotatable bonds is 6. The van der Waals surface area contributed by atoms with E-state index in [0.29, 0.717) is 6.42 Å². The summed E-state index contributed by atoms with van der Waals surface area (Å²) in [5.74, 6) is -0.246. The van der Waals surface area contributed by atoms with Gasteiger partial charge in [0.25, 0.3) is 0 Å². The number of alkyl halides is 1. The molecule has 0 aliphatic rings. The molecule has 0 bridgehead atoms. The number of carbonyl (C=O) groups is 1. The Kier molecular flexibility index (Phi) is 6.07. The number of nitrogens with zero attached hydrogens (tertiary/aromatic N) is 1. The Morgan fingerprint density at radius 3 is 2.58 bits per heavy atom. The fourth-order valence-corrected chi connectivity index (χ4v) is 2.73. The van der Waals surface area contributed by atoms with Crippen LogP contribution in [0.4, 0.5) is 4.39 Å². The number of aromatic nitrogens is 1. The Labute approximate surface area is 143 Å². The fraction of sp³-hybridized carbons (Fsp3) is 0.400. The van der Waals surface area contributed by atoms with Crippen molar-refractivity contribution >= 4 is 5.91 Å². The van der Waals surface area contributed by atoms with Gasteiger partial charge in [0.2, 0.25) is 5.91 Å². The van der Waals surface area contributed by atoms with E-state index >= 15 is 0 Å². The van der Waals surface area contributed by atoms with Crippen LogP contribution in [0, 0.1) is 13.8 Å². The second kappa shape index (κ2) is 8.04. The lowest BCUT2D eigenvalue weighted by Gasteiger charge is -2.19. The van der Waals surface area contributed by atoms with Gasteiger partial charge in [-0.25, -0.2) is 0 Å². The summed E-state index contributed by atoms with van der Waals surface area (Å²) in [5, 5.41) is 3.02. The fourth-order valence-electron chi connectivity index (χ4n) is 2.73. The molecule has 2 unspecified atom stereocenters. The van der Waals surface area contributed by atoms with E-state index in [-0.39, 0.29) is 24.5 Å². The van der Waals surface area contributed by atoms with Gasteiger partial charge in [-0.2, -0.15) is 0 Å². The number of halogens is 1.